The molecule has 6 nitrogen and oxygen atoms in total. The summed E-state index contributed by atoms with van der Waals surface area (Å²) < 4.78 is 0. The first-order valence-electron chi connectivity index (χ1n) is 5.13. The third-order valence-corrected chi connectivity index (χ3v) is 2.12. The van der Waals surface area contributed by atoms with Gasteiger partial charge in [-0.1, -0.05) is 30.3 Å². The van der Waals surface area contributed by atoms with Crippen molar-refractivity contribution in [1.29, 1.82) is 5.26 Å². The van der Waals surface area contributed by atoms with Gasteiger partial charge in [-0.05, 0) is 11.6 Å². The fourth-order valence-electron chi connectivity index (χ4n) is 1.31. The third-order valence-electron chi connectivity index (χ3n) is 2.12. The highest BCUT2D eigenvalue weighted by Gasteiger charge is 2.10. The summed E-state index contributed by atoms with van der Waals surface area (Å²) in [5.41, 5.74) is 0.777. The number of anilines is 1. The molecular weight excluding hydrogens is 230 g/mol. The molecule has 0 unspecified atom stereocenters. The minimum atomic E-state index is -0.530. The van der Waals surface area contributed by atoms with Crippen molar-refractivity contribution in [2.45, 2.75) is 0 Å². The first-order chi connectivity index (χ1) is 8.79. The summed E-state index contributed by atoms with van der Waals surface area (Å²) in [6.07, 6.45) is 2.77. The molecule has 0 aliphatic rings. The molecule has 0 fully saturated rings. The second kappa shape index (κ2) is 5.41. The van der Waals surface area contributed by atoms with Gasteiger partial charge in [0.05, 0.1) is 0 Å². The van der Waals surface area contributed by atoms with Gasteiger partial charge in [-0.3, -0.25) is 10.1 Å². The van der Waals surface area contributed by atoms with Crippen LogP contribution in [-0.2, 0) is 4.79 Å². The summed E-state index contributed by atoms with van der Waals surface area (Å²) in [5, 5.41) is 17.5. The van der Waals surface area contributed by atoms with Crippen LogP contribution in [0.25, 0.3) is 6.08 Å². The van der Waals surface area contributed by atoms with E-state index >= 15 is 0 Å². The highest BCUT2D eigenvalue weighted by atomic mass is 16.1. The van der Waals surface area contributed by atoms with E-state index in [2.05, 4.69) is 20.5 Å². The Hall–Kier alpha value is -2.94. The number of benzene rings is 1. The van der Waals surface area contributed by atoms with Crippen LogP contribution in [0.5, 0.6) is 0 Å². The Morgan fingerprint density at radius 2 is 2.17 bits per heavy atom. The molecule has 1 heterocycles. The lowest BCUT2D eigenvalue weighted by molar-refractivity contribution is -0.112. The van der Waals surface area contributed by atoms with Crippen LogP contribution in [0.2, 0.25) is 0 Å². The Labute approximate surface area is 103 Å². The Kier molecular flexibility index (Phi) is 3.47. The minimum absolute atomic E-state index is 0.00222. The molecule has 88 valence electrons. The van der Waals surface area contributed by atoms with Crippen molar-refractivity contribution in [2.75, 3.05) is 5.32 Å². The SMILES string of the molecule is N#C/C(=C\c1ccccc1)C(=O)Nc1ncn[nH]1. The average molecular weight is 239 g/mol. The van der Waals surface area contributed by atoms with Crippen LogP contribution in [0.4, 0.5) is 5.95 Å². The third kappa shape index (κ3) is 2.80. The Morgan fingerprint density at radius 1 is 1.39 bits per heavy atom. The molecule has 0 aliphatic heterocycles. The zero-order chi connectivity index (χ0) is 12.8. The maximum atomic E-state index is 11.8. The molecule has 0 atom stereocenters. The number of hydrogen-bond acceptors (Lipinski definition) is 4. The summed E-state index contributed by atoms with van der Waals surface area (Å²) in [4.78, 5) is 15.5. The van der Waals surface area contributed by atoms with Gasteiger partial charge in [-0.25, -0.2) is 5.10 Å². The summed E-state index contributed by atoms with van der Waals surface area (Å²) in [6.45, 7) is 0. The average Bonchev–Trinajstić information content (AvgIpc) is 2.90. The number of nitriles is 1. The van der Waals surface area contributed by atoms with Gasteiger partial charge in [0.15, 0.2) is 0 Å². The molecule has 2 N–H and O–H groups in total. The molecule has 0 radical (unpaired) electrons. The van der Waals surface area contributed by atoms with Crippen molar-refractivity contribution < 1.29 is 4.79 Å². The van der Waals surface area contributed by atoms with E-state index in [-0.39, 0.29) is 11.5 Å². The molecule has 0 saturated heterocycles. The second-order valence-electron chi connectivity index (χ2n) is 3.37. The molecular formula is C12H9N5O. The van der Waals surface area contributed by atoms with E-state index < -0.39 is 5.91 Å². The largest absolute Gasteiger partial charge is 0.290 e. The number of carbonyl (C=O) groups excluding carboxylic acids is 1. The number of nitrogens with one attached hydrogen (secondary N) is 2. The van der Waals surface area contributed by atoms with Crippen LogP contribution in [0.15, 0.2) is 42.2 Å². The Morgan fingerprint density at radius 3 is 2.78 bits per heavy atom. The topological polar surface area (TPSA) is 94.5 Å². The van der Waals surface area contributed by atoms with Crippen LogP contribution >= 0.6 is 0 Å². The number of rotatable bonds is 3. The predicted molar refractivity (Wildman–Crippen MR) is 65.0 cm³/mol. The van der Waals surface area contributed by atoms with Crippen molar-refractivity contribution >= 4 is 17.9 Å². The lowest BCUT2D eigenvalue weighted by Crippen LogP contribution is -2.14. The molecule has 0 aliphatic carbocycles. The number of H-pyrrole nitrogens is 1. The molecule has 2 aromatic rings. The van der Waals surface area contributed by atoms with Crippen molar-refractivity contribution in [3.8, 4) is 6.07 Å². The van der Waals surface area contributed by atoms with Crippen LogP contribution in [0.3, 0.4) is 0 Å². The molecule has 6 heteroatoms. The van der Waals surface area contributed by atoms with E-state index in [0.29, 0.717) is 0 Å². The van der Waals surface area contributed by atoms with E-state index in [1.807, 2.05) is 24.3 Å². The first-order valence-corrected chi connectivity index (χ1v) is 5.13. The maximum absolute atomic E-state index is 11.8. The molecule has 0 bridgehead atoms. The number of aromatic amines is 1. The van der Waals surface area contributed by atoms with Crippen molar-refractivity contribution in [2.24, 2.45) is 0 Å². The Bertz CT molecular complexity index is 595. The molecule has 1 aromatic carbocycles. The monoisotopic (exact) mass is 239 g/mol. The molecule has 1 amide bonds. The molecule has 0 spiro atoms. The molecule has 0 saturated carbocycles. The van der Waals surface area contributed by atoms with Crippen molar-refractivity contribution in [3.63, 3.8) is 0 Å². The van der Waals surface area contributed by atoms with Gasteiger partial charge in [0.1, 0.15) is 18.0 Å². The number of amides is 1. The standard InChI is InChI=1S/C12H9N5O/c13-7-10(6-9-4-2-1-3-5-9)11(18)16-12-14-8-15-17-12/h1-6,8H,(H2,14,15,16,17,18)/b10-6+. The van der Waals surface area contributed by atoms with Crippen LogP contribution in [0, 0.1) is 11.3 Å². The summed E-state index contributed by atoms with van der Waals surface area (Å²) >= 11 is 0. The number of hydrogen-bond donors (Lipinski definition) is 2. The van der Waals surface area contributed by atoms with E-state index in [1.54, 1.807) is 12.1 Å². The van der Waals surface area contributed by atoms with E-state index in [9.17, 15) is 4.79 Å². The number of carbonyl (C=O) groups is 1. The van der Waals surface area contributed by atoms with Gasteiger partial charge in [-0.15, -0.1) is 0 Å². The van der Waals surface area contributed by atoms with Gasteiger partial charge >= 0.3 is 0 Å². The van der Waals surface area contributed by atoms with E-state index in [4.69, 9.17) is 5.26 Å². The van der Waals surface area contributed by atoms with Crippen molar-refractivity contribution in [1.82, 2.24) is 15.2 Å². The maximum Gasteiger partial charge on any atom is 0.268 e. The van der Waals surface area contributed by atoms with E-state index in [0.717, 1.165) is 5.56 Å². The number of aromatic nitrogens is 3. The van der Waals surface area contributed by atoms with Gasteiger partial charge in [-0.2, -0.15) is 15.3 Å². The minimum Gasteiger partial charge on any atom is -0.290 e. The van der Waals surface area contributed by atoms with Crippen LogP contribution in [-0.4, -0.2) is 21.1 Å². The zero-order valence-electron chi connectivity index (χ0n) is 9.29. The summed E-state index contributed by atoms with van der Waals surface area (Å²) in [6, 6.07) is 11.0. The van der Waals surface area contributed by atoms with Gasteiger partial charge in [0, 0.05) is 0 Å². The van der Waals surface area contributed by atoms with Crippen LogP contribution in [0.1, 0.15) is 5.56 Å². The molecule has 18 heavy (non-hydrogen) atoms. The summed E-state index contributed by atoms with van der Waals surface area (Å²) in [5.74, 6) is -0.327. The van der Waals surface area contributed by atoms with E-state index in [1.165, 1.54) is 12.4 Å². The first kappa shape index (κ1) is 11.5. The van der Waals surface area contributed by atoms with Gasteiger partial charge in [0.25, 0.3) is 5.91 Å². The fourth-order valence-corrected chi connectivity index (χ4v) is 1.31. The van der Waals surface area contributed by atoms with Crippen molar-refractivity contribution in [3.05, 3.63) is 47.8 Å². The lowest BCUT2D eigenvalue weighted by Gasteiger charge is -1.99. The van der Waals surface area contributed by atoms with Crippen LogP contribution < -0.4 is 5.32 Å². The normalized spacial score (nSPS) is 10.7. The fraction of sp³-hybridized carbons (Fsp3) is 0. The lowest BCUT2D eigenvalue weighted by atomic mass is 10.1. The second-order valence-corrected chi connectivity index (χ2v) is 3.37. The van der Waals surface area contributed by atoms with Gasteiger partial charge < -0.3 is 0 Å². The number of nitrogens with zero attached hydrogens (tertiary/aromatic N) is 3. The Balaban J connectivity index is 2.17. The quantitative estimate of drug-likeness (QED) is 0.624. The molecule has 2 rings (SSSR count). The highest BCUT2D eigenvalue weighted by molar-refractivity contribution is 6.08. The molecule has 1 aromatic heterocycles. The van der Waals surface area contributed by atoms with Gasteiger partial charge in [0.2, 0.25) is 5.95 Å². The highest BCUT2D eigenvalue weighted by Crippen LogP contribution is 2.07. The predicted octanol–water partition coefficient (Wildman–Crippen LogP) is 1.35. The zero-order valence-corrected chi connectivity index (χ0v) is 9.29. The smallest absolute Gasteiger partial charge is 0.268 e. The summed E-state index contributed by atoms with van der Waals surface area (Å²) in [7, 11) is 0.